The molecule has 1 spiro atoms. The van der Waals surface area contributed by atoms with Crippen molar-refractivity contribution in [1.82, 2.24) is 0 Å². The summed E-state index contributed by atoms with van der Waals surface area (Å²) in [5.74, 6) is -2.55. The number of ether oxygens (including phenoxy) is 1. The summed E-state index contributed by atoms with van der Waals surface area (Å²) in [6, 6.07) is 2.16. The summed E-state index contributed by atoms with van der Waals surface area (Å²) in [5.41, 5.74) is -1.75. The monoisotopic (exact) mass is 441 g/mol. The van der Waals surface area contributed by atoms with Crippen LogP contribution in [0.5, 0.6) is 11.5 Å². The highest BCUT2D eigenvalue weighted by molar-refractivity contribution is 6.00. The van der Waals surface area contributed by atoms with E-state index in [2.05, 4.69) is 18.3 Å². The average Bonchev–Trinajstić information content (AvgIpc) is 3.08. The summed E-state index contributed by atoms with van der Waals surface area (Å²) in [6.07, 6.45) is 6.86. The first-order valence-corrected chi connectivity index (χ1v) is 11.0. The number of aromatic hydroxyl groups is 2. The van der Waals surface area contributed by atoms with Crippen molar-refractivity contribution in [2.45, 2.75) is 57.7 Å². The van der Waals surface area contributed by atoms with E-state index in [9.17, 15) is 24.6 Å². The van der Waals surface area contributed by atoms with E-state index in [1.54, 1.807) is 6.08 Å². The zero-order chi connectivity index (χ0) is 23.1. The van der Waals surface area contributed by atoms with Gasteiger partial charge in [-0.3, -0.25) is 9.59 Å². The lowest BCUT2D eigenvalue weighted by Crippen LogP contribution is -2.56. The number of carbonyl (C=O) groups excluding carboxylic acids is 2. The van der Waals surface area contributed by atoms with Gasteiger partial charge >= 0.3 is 5.97 Å². The second-order valence-corrected chi connectivity index (χ2v) is 10.3. The maximum atomic E-state index is 13.1. The molecule has 8 nitrogen and oxygen atoms in total. The molecule has 2 saturated carbocycles. The average molecular weight is 441 g/mol. The van der Waals surface area contributed by atoms with E-state index < -0.39 is 34.4 Å². The first-order valence-electron chi connectivity index (χ1n) is 11.0. The fourth-order valence-corrected chi connectivity index (χ4v) is 7.09. The van der Waals surface area contributed by atoms with Crippen molar-refractivity contribution in [3.8, 4) is 11.5 Å². The SMILES string of the molecule is CC12C[C@@]34C=CC(=O)[C@@](C)(CCC(=O)Nc5c(O)ccc(C(=O)O)c5O)[C@@H]3[C@H](C[C@@H]1C4)O2. The molecule has 32 heavy (non-hydrogen) atoms. The highest BCUT2D eigenvalue weighted by atomic mass is 16.5. The normalized spacial score (nSPS) is 38.7. The number of nitrogens with one attached hydrogen (secondary N) is 1. The molecule has 3 aliphatic carbocycles. The number of carbonyl (C=O) groups is 3. The second kappa shape index (κ2) is 6.57. The molecule has 4 bridgehead atoms. The van der Waals surface area contributed by atoms with Crippen LogP contribution in [0.4, 0.5) is 5.69 Å². The number of ketones is 1. The molecule has 5 aliphatic rings. The molecular weight excluding hydrogens is 414 g/mol. The molecule has 4 fully saturated rings. The Morgan fingerprint density at radius 3 is 2.69 bits per heavy atom. The third-order valence-electron chi connectivity index (χ3n) is 8.44. The van der Waals surface area contributed by atoms with Crippen molar-refractivity contribution < 1.29 is 34.4 Å². The minimum atomic E-state index is -1.38. The summed E-state index contributed by atoms with van der Waals surface area (Å²) < 4.78 is 6.41. The van der Waals surface area contributed by atoms with Crippen LogP contribution in [0.2, 0.25) is 0 Å². The molecule has 6 rings (SSSR count). The molecule has 1 aromatic rings. The number of hydrogen-bond donors (Lipinski definition) is 4. The summed E-state index contributed by atoms with van der Waals surface area (Å²) in [6.45, 7) is 4.08. The number of hydrogen-bond acceptors (Lipinski definition) is 6. The fourth-order valence-electron chi connectivity index (χ4n) is 7.09. The van der Waals surface area contributed by atoms with Gasteiger partial charge in [0.15, 0.2) is 11.5 Å². The van der Waals surface area contributed by atoms with Gasteiger partial charge < -0.3 is 25.4 Å². The van der Waals surface area contributed by atoms with Crippen LogP contribution in [0.3, 0.4) is 0 Å². The van der Waals surface area contributed by atoms with Crippen molar-refractivity contribution in [3.63, 3.8) is 0 Å². The first kappa shape index (κ1) is 21.0. The molecule has 1 aromatic carbocycles. The van der Waals surface area contributed by atoms with Gasteiger partial charge in [-0.1, -0.05) is 13.0 Å². The van der Waals surface area contributed by atoms with Crippen molar-refractivity contribution in [1.29, 1.82) is 0 Å². The number of phenols is 2. The smallest absolute Gasteiger partial charge is 0.339 e. The quantitative estimate of drug-likeness (QED) is 0.516. The summed E-state index contributed by atoms with van der Waals surface area (Å²) >= 11 is 0. The van der Waals surface area contributed by atoms with Crippen LogP contribution in [-0.4, -0.2) is 44.7 Å². The molecule has 0 radical (unpaired) electrons. The van der Waals surface area contributed by atoms with Gasteiger partial charge in [0.2, 0.25) is 5.91 Å². The maximum absolute atomic E-state index is 13.1. The molecule has 6 atom stereocenters. The van der Waals surface area contributed by atoms with Crippen LogP contribution < -0.4 is 5.32 Å². The van der Waals surface area contributed by atoms with Crippen LogP contribution in [0.15, 0.2) is 24.3 Å². The lowest BCUT2D eigenvalue weighted by molar-refractivity contribution is -0.169. The van der Waals surface area contributed by atoms with Crippen LogP contribution >= 0.6 is 0 Å². The summed E-state index contributed by atoms with van der Waals surface area (Å²) in [4.78, 5) is 37.0. The Bertz CT molecular complexity index is 1080. The number of amides is 1. The molecule has 8 heteroatoms. The van der Waals surface area contributed by atoms with E-state index in [4.69, 9.17) is 9.84 Å². The highest BCUT2D eigenvalue weighted by Crippen LogP contribution is 2.71. The molecule has 2 aliphatic heterocycles. The number of benzene rings is 1. The van der Waals surface area contributed by atoms with Gasteiger partial charge in [0, 0.05) is 17.8 Å². The van der Waals surface area contributed by atoms with Crippen LogP contribution in [0.25, 0.3) is 0 Å². The number of aromatic carboxylic acids is 1. The number of anilines is 1. The second-order valence-electron chi connectivity index (χ2n) is 10.3. The molecule has 1 amide bonds. The molecular formula is C24H27NO7. The predicted molar refractivity (Wildman–Crippen MR) is 113 cm³/mol. The number of carboxylic acid groups (broad SMARTS) is 1. The van der Waals surface area contributed by atoms with Gasteiger partial charge in [-0.2, -0.15) is 0 Å². The molecule has 4 N–H and O–H groups in total. The van der Waals surface area contributed by atoms with Crippen molar-refractivity contribution >= 4 is 23.3 Å². The largest absolute Gasteiger partial charge is 0.506 e. The zero-order valence-corrected chi connectivity index (χ0v) is 18.1. The summed E-state index contributed by atoms with van der Waals surface area (Å²) in [5, 5.41) is 31.7. The molecule has 2 heterocycles. The van der Waals surface area contributed by atoms with E-state index in [1.165, 1.54) is 0 Å². The van der Waals surface area contributed by atoms with E-state index in [0.29, 0.717) is 5.92 Å². The lowest BCUT2D eigenvalue weighted by atomic mass is 9.51. The Kier molecular flexibility index (Phi) is 4.31. The molecule has 170 valence electrons. The Hall–Kier alpha value is -2.87. The van der Waals surface area contributed by atoms with Gasteiger partial charge in [0.1, 0.15) is 17.0 Å². The lowest BCUT2D eigenvalue weighted by Gasteiger charge is -2.55. The summed E-state index contributed by atoms with van der Waals surface area (Å²) in [7, 11) is 0. The Balaban J connectivity index is 1.36. The van der Waals surface area contributed by atoms with Crippen molar-refractivity contribution in [2.75, 3.05) is 5.32 Å². The van der Waals surface area contributed by atoms with Gasteiger partial charge in [0.25, 0.3) is 0 Å². The van der Waals surface area contributed by atoms with Gasteiger partial charge in [0.05, 0.1) is 11.7 Å². The van der Waals surface area contributed by atoms with E-state index >= 15 is 0 Å². The van der Waals surface area contributed by atoms with Gasteiger partial charge in [-0.15, -0.1) is 0 Å². The number of phenolic OH excluding ortho intramolecular Hbond substituents is 1. The minimum Gasteiger partial charge on any atom is -0.506 e. The molecule has 2 saturated heterocycles. The van der Waals surface area contributed by atoms with E-state index in [1.807, 2.05) is 6.92 Å². The predicted octanol–water partition coefficient (Wildman–Crippen LogP) is 3.23. The molecule has 1 unspecified atom stereocenters. The highest BCUT2D eigenvalue weighted by Gasteiger charge is 2.71. The van der Waals surface area contributed by atoms with Crippen molar-refractivity contribution in [2.24, 2.45) is 22.7 Å². The fraction of sp³-hybridized carbons (Fsp3) is 0.542. The Labute approximate surface area is 185 Å². The first-order chi connectivity index (χ1) is 15.0. The van der Waals surface area contributed by atoms with Gasteiger partial charge in [-0.25, -0.2) is 4.79 Å². The zero-order valence-electron chi connectivity index (χ0n) is 18.1. The van der Waals surface area contributed by atoms with E-state index in [0.717, 1.165) is 31.4 Å². The van der Waals surface area contributed by atoms with Crippen LogP contribution in [0.1, 0.15) is 56.3 Å². The van der Waals surface area contributed by atoms with Crippen LogP contribution in [-0.2, 0) is 14.3 Å². The standard InChI is InChI=1S/C24H27NO7/c1-22(7-6-17(28)25-18-14(26)4-3-13(19(18)29)21(30)31)16(27)5-8-24-10-12-9-15(20(22)24)32-23(12,2)11-24/h3-5,8,12,15,20,26,29H,6-7,9-11H2,1-2H3,(H,25,28)(H,30,31)/t12-,15+,20+,22-,23?,24+/m1/s1. The molecule has 0 aromatic heterocycles. The number of carboxylic acids is 1. The number of rotatable bonds is 5. The van der Waals surface area contributed by atoms with Gasteiger partial charge in [-0.05, 0) is 62.1 Å². The number of allylic oxidation sites excluding steroid dienone is 2. The third-order valence-corrected chi connectivity index (χ3v) is 8.44. The Morgan fingerprint density at radius 1 is 1.25 bits per heavy atom. The van der Waals surface area contributed by atoms with Crippen molar-refractivity contribution in [3.05, 3.63) is 29.8 Å². The van der Waals surface area contributed by atoms with E-state index in [-0.39, 0.29) is 47.4 Å². The Morgan fingerprint density at radius 2 is 2.00 bits per heavy atom. The topological polar surface area (TPSA) is 133 Å². The third kappa shape index (κ3) is 2.75. The maximum Gasteiger partial charge on any atom is 0.339 e. The minimum absolute atomic E-state index is 0.00395. The van der Waals surface area contributed by atoms with Crippen LogP contribution in [0, 0.1) is 22.7 Å².